The summed E-state index contributed by atoms with van der Waals surface area (Å²) in [6.45, 7) is 2.98. The second-order valence-corrected chi connectivity index (χ2v) is 4.93. The Labute approximate surface area is 118 Å². The van der Waals surface area contributed by atoms with Crippen molar-refractivity contribution in [2.24, 2.45) is 11.1 Å². The zero-order valence-corrected chi connectivity index (χ0v) is 11.6. The van der Waals surface area contributed by atoms with Crippen LogP contribution in [0, 0.1) is 11.2 Å². The molecule has 0 bridgehead atoms. The van der Waals surface area contributed by atoms with Gasteiger partial charge in [-0.15, -0.1) is 13.2 Å². The lowest BCUT2D eigenvalue weighted by Gasteiger charge is -2.29. The van der Waals surface area contributed by atoms with E-state index in [9.17, 15) is 22.4 Å². The maximum atomic E-state index is 13.6. The minimum Gasteiger partial charge on any atom is -0.469 e. The van der Waals surface area contributed by atoms with E-state index in [2.05, 4.69) is 9.47 Å². The fraction of sp³-hybridized carbons (Fsp3) is 0.462. The van der Waals surface area contributed by atoms with Crippen LogP contribution in [0.15, 0.2) is 18.2 Å². The number of carbonyl (C=O) groups excluding carboxylic acids is 1. The van der Waals surface area contributed by atoms with Crippen molar-refractivity contribution in [3.8, 4) is 5.75 Å². The van der Waals surface area contributed by atoms with Crippen LogP contribution >= 0.6 is 0 Å². The van der Waals surface area contributed by atoms with Crippen LogP contribution in [-0.2, 0) is 9.53 Å². The van der Waals surface area contributed by atoms with E-state index in [0.717, 1.165) is 12.1 Å². The van der Waals surface area contributed by atoms with Crippen LogP contribution in [-0.4, -0.2) is 19.4 Å². The lowest BCUT2D eigenvalue weighted by molar-refractivity contribution is -0.275. The lowest BCUT2D eigenvalue weighted by atomic mass is 9.81. The third kappa shape index (κ3) is 4.07. The van der Waals surface area contributed by atoms with Crippen molar-refractivity contribution in [3.05, 3.63) is 29.6 Å². The number of methoxy groups -OCH3 is 1. The molecule has 0 saturated heterocycles. The first-order valence-corrected chi connectivity index (χ1v) is 5.88. The van der Waals surface area contributed by atoms with Crippen LogP contribution in [0.5, 0.6) is 5.75 Å². The zero-order chi connectivity index (χ0) is 16.4. The van der Waals surface area contributed by atoms with Gasteiger partial charge in [0, 0.05) is 6.04 Å². The molecule has 118 valence electrons. The number of nitrogens with two attached hydrogens (primary N) is 1. The fourth-order valence-electron chi connectivity index (χ4n) is 1.72. The predicted octanol–water partition coefficient (Wildman–Crippen LogP) is 2.92. The summed E-state index contributed by atoms with van der Waals surface area (Å²) in [6, 6.07) is 1.82. The van der Waals surface area contributed by atoms with Gasteiger partial charge in [-0.05, 0) is 31.5 Å². The standard InChI is InChI=1S/C13H15F4NO3/c1-12(2,11(19)20-3)10(18)7-4-5-9(8(14)6-7)21-13(15,16)17/h4-6,10H,18H2,1-3H3/t10-/m0/s1. The molecule has 0 spiro atoms. The molecule has 1 aromatic rings. The molecule has 1 rings (SSSR count). The van der Waals surface area contributed by atoms with Gasteiger partial charge < -0.3 is 15.2 Å². The molecule has 0 radical (unpaired) electrons. The van der Waals surface area contributed by atoms with Crippen LogP contribution in [0.3, 0.4) is 0 Å². The molecule has 0 aliphatic carbocycles. The van der Waals surface area contributed by atoms with Gasteiger partial charge in [-0.25, -0.2) is 4.39 Å². The summed E-state index contributed by atoms with van der Waals surface area (Å²) in [4.78, 5) is 11.6. The Morgan fingerprint density at radius 3 is 2.29 bits per heavy atom. The number of alkyl halides is 3. The number of ether oxygens (including phenoxy) is 2. The highest BCUT2D eigenvalue weighted by atomic mass is 19.4. The summed E-state index contributed by atoms with van der Waals surface area (Å²) in [5.41, 5.74) is 4.84. The Bertz CT molecular complexity index is 529. The summed E-state index contributed by atoms with van der Waals surface area (Å²) in [5.74, 6) is -2.80. The molecule has 1 aromatic carbocycles. The monoisotopic (exact) mass is 309 g/mol. The Kier molecular flexibility index (Phi) is 4.83. The average molecular weight is 309 g/mol. The third-order valence-corrected chi connectivity index (χ3v) is 3.03. The van der Waals surface area contributed by atoms with Crippen LogP contribution < -0.4 is 10.5 Å². The van der Waals surface area contributed by atoms with Gasteiger partial charge in [-0.2, -0.15) is 0 Å². The molecule has 0 aromatic heterocycles. The van der Waals surface area contributed by atoms with Gasteiger partial charge in [0.2, 0.25) is 0 Å². The first-order valence-electron chi connectivity index (χ1n) is 5.88. The van der Waals surface area contributed by atoms with E-state index in [1.807, 2.05) is 0 Å². The Morgan fingerprint density at radius 2 is 1.86 bits per heavy atom. The van der Waals surface area contributed by atoms with Crippen molar-refractivity contribution in [2.45, 2.75) is 26.3 Å². The molecule has 0 fully saturated rings. The minimum absolute atomic E-state index is 0.150. The molecule has 21 heavy (non-hydrogen) atoms. The highest BCUT2D eigenvalue weighted by Crippen LogP contribution is 2.35. The number of hydrogen-bond acceptors (Lipinski definition) is 4. The maximum absolute atomic E-state index is 13.6. The highest BCUT2D eigenvalue weighted by Gasteiger charge is 2.37. The summed E-state index contributed by atoms with van der Waals surface area (Å²) in [7, 11) is 1.18. The van der Waals surface area contributed by atoms with Crippen molar-refractivity contribution >= 4 is 5.97 Å². The minimum atomic E-state index is -4.99. The number of esters is 1. The second kappa shape index (κ2) is 5.88. The Balaban J connectivity index is 3.06. The molecule has 0 saturated carbocycles. The van der Waals surface area contributed by atoms with Crippen molar-refractivity contribution in [1.29, 1.82) is 0 Å². The van der Waals surface area contributed by atoms with Gasteiger partial charge in [-0.3, -0.25) is 4.79 Å². The third-order valence-electron chi connectivity index (χ3n) is 3.03. The van der Waals surface area contributed by atoms with Crippen LogP contribution in [0.2, 0.25) is 0 Å². The smallest absolute Gasteiger partial charge is 0.469 e. The van der Waals surface area contributed by atoms with E-state index < -0.39 is 35.4 Å². The van der Waals surface area contributed by atoms with Crippen LogP contribution in [0.25, 0.3) is 0 Å². The van der Waals surface area contributed by atoms with E-state index in [4.69, 9.17) is 5.73 Å². The summed E-state index contributed by atoms with van der Waals surface area (Å²) in [5, 5.41) is 0. The molecule has 0 aliphatic heterocycles. The first-order chi connectivity index (χ1) is 9.49. The normalized spacial score (nSPS) is 13.7. The Morgan fingerprint density at radius 1 is 1.29 bits per heavy atom. The van der Waals surface area contributed by atoms with E-state index in [0.29, 0.717) is 0 Å². The number of rotatable bonds is 4. The van der Waals surface area contributed by atoms with Crippen LogP contribution in [0.1, 0.15) is 25.5 Å². The molecule has 8 heteroatoms. The molecule has 2 N–H and O–H groups in total. The molecule has 0 heterocycles. The van der Waals surface area contributed by atoms with E-state index in [1.54, 1.807) is 0 Å². The molecule has 0 unspecified atom stereocenters. The van der Waals surface area contributed by atoms with Crippen molar-refractivity contribution in [2.75, 3.05) is 7.11 Å². The van der Waals surface area contributed by atoms with Gasteiger partial charge >= 0.3 is 12.3 Å². The zero-order valence-electron chi connectivity index (χ0n) is 11.6. The first kappa shape index (κ1) is 17.2. The largest absolute Gasteiger partial charge is 0.573 e. The fourth-order valence-corrected chi connectivity index (χ4v) is 1.72. The second-order valence-electron chi connectivity index (χ2n) is 4.93. The average Bonchev–Trinajstić information content (AvgIpc) is 2.37. The SMILES string of the molecule is COC(=O)C(C)(C)[C@@H](N)c1ccc(OC(F)(F)F)c(F)c1. The summed E-state index contributed by atoms with van der Waals surface area (Å²) < 4.78 is 57.9. The molecule has 1 atom stereocenters. The van der Waals surface area contributed by atoms with Crippen molar-refractivity contribution < 1.29 is 31.8 Å². The summed E-state index contributed by atoms with van der Waals surface area (Å²) in [6.07, 6.45) is -4.99. The summed E-state index contributed by atoms with van der Waals surface area (Å²) >= 11 is 0. The molecule has 0 amide bonds. The number of halogens is 4. The predicted molar refractivity (Wildman–Crippen MR) is 65.8 cm³/mol. The Hall–Kier alpha value is -1.83. The lowest BCUT2D eigenvalue weighted by Crippen LogP contribution is -2.37. The van der Waals surface area contributed by atoms with Gasteiger partial charge in [0.05, 0.1) is 12.5 Å². The molecule has 0 aliphatic rings. The van der Waals surface area contributed by atoms with Gasteiger partial charge in [-0.1, -0.05) is 6.07 Å². The molecular weight excluding hydrogens is 294 g/mol. The quantitative estimate of drug-likeness (QED) is 0.686. The van der Waals surface area contributed by atoms with E-state index >= 15 is 0 Å². The number of benzene rings is 1. The van der Waals surface area contributed by atoms with Crippen molar-refractivity contribution in [3.63, 3.8) is 0 Å². The topological polar surface area (TPSA) is 61.5 Å². The van der Waals surface area contributed by atoms with Gasteiger partial charge in [0.25, 0.3) is 0 Å². The number of hydrogen-bond donors (Lipinski definition) is 1. The molecular formula is C13H15F4NO3. The van der Waals surface area contributed by atoms with Gasteiger partial charge in [0.15, 0.2) is 11.6 Å². The van der Waals surface area contributed by atoms with E-state index in [1.165, 1.54) is 27.0 Å². The number of carbonyl (C=O) groups is 1. The highest BCUT2D eigenvalue weighted by molar-refractivity contribution is 5.77. The molecule has 4 nitrogen and oxygen atoms in total. The van der Waals surface area contributed by atoms with E-state index in [-0.39, 0.29) is 5.56 Å². The van der Waals surface area contributed by atoms with Crippen LogP contribution in [0.4, 0.5) is 17.6 Å². The van der Waals surface area contributed by atoms with Gasteiger partial charge in [0.1, 0.15) is 0 Å². The maximum Gasteiger partial charge on any atom is 0.573 e. The van der Waals surface area contributed by atoms with Crippen molar-refractivity contribution in [1.82, 2.24) is 0 Å².